The predicted octanol–water partition coefficient (Wildman–Crippen LogP) is 4.37. The topological polar surface area (TPSA) is 56.7 Å². The van der Waals surface area contributed by atoms with Crippen molar-refractivity contribution < 1.29 is 4.52 Å². The van der Waals surface area contributed by atoms with Crippen LogP contribution < -0.4 is 0 Å². The Labute approximate surface area is 142 Å². The van der Waals surface area contributed by atoms with Crippen LogP contribution >= 0.6 is 11.3 Å². The minimum atomic E-state index is 0.490. The molecule has 0 saturated carbocycles. The molecule has 0 atom stereocenters. The summed E-state index contributed by atoms with van der Waals surface area (Å²) in [6, 6.07) is 14.0. The molecule has 0 N–H and O–H groups in total. The van der Waals surface area contributed by atoms with E-state index in [1.807, 2.05) is 71.7 Å². The zero-order chi connectivity index (χ0) is 16.4. The van der Waals surface area contributed by atoms with E-state index in [0.29, 0.717) is 11.7 Å². The molecule has 0 bridgehead atoms. The molecule has 6 heteroatoms. The lowest BCUT2D eigenvalue weighted by Crippen LogP contribution is -1.93. The Morgan fingerprint density at radius 3 is 2.79 bits per heavy atom. The molecular formula is C18H14N4OS. The van der Waals surface area contributed by atoms with Crippen LogP contribution in [0.4, 0.5) is 0 Å². The first-order valence-electron chi connectivity index (χ1n) is 7.44. The van der Waals surface area contributed by atoms with Gasteiger partial charge in [0.1, 0.15) is 0 Å². The van der Waals surface area contributed by atoms with Crippen LogP contribution in [0, 0.1) is 0 Å². The van der Waals surface area contributed by atoms with Gasteiger partial charge in [-0.1, -0.05) is 29.4 Å². The number of hydrogen-bond donors (Lipinski definition) is 0. The minimum Gasteiger partial charge on any atom is -0.334 e. The molecule has 4 aromatic rings. The molecule has 0 radical (unpaired) electrons. The lowest BCUT2D eigenvalue weighted by Gasteiger charge is -2.03. The lowest BCUT2D eigenvalue weighted by atomic mass is 10.1. The van der Waals surface area contributed by atoms with E-state index in [-0.39, 0.29) is 0 Å². The Hall–Kier alpha value is -2.99. The second kappa shape index (κ2) is 6.25. The van der Waals surface area contributed by atoms with Crippen molar-refractivity contribution in [3.05, 3.63) is 64.8 Å². The van der Waals surface area contributed by atoms with E-state index in [2.05, 4.69) is 15.2 Å². The van der Waals surface area contributed by atoms with Gasteiger partial charge in [-0.25, -0.2) is 0 Å². The number of hydrogen-bond acceptors (Lipinski definition) is 5. The second-order valence-electron chi connectivity index (χ2n) is 5.23. The zero-order valence-corrected chi connectivity index (χ0v) is 13.8. The van der Waals surface area contributed by atoms with Crippen molar-refractivity contribution in [2.45, 2.75) is 0 Å². The molecule has 1 aromatic carbocycles. The van der Waals surface area contributed by atoms with E-state index in [4.69, 9.17) is 4.52 Å². The van der Waals surface area contributed by atoms with E-state index in [9.17, 15) is 0 Å². The summed E-state index contributed by atoms with van der Waals surface area (Å²) in [4.78, 5) is 5.59. The summed E-state index contributed by atoms with van der Waals surface area (Å²) >= 11 is 1.66. The van der Waals surface area contributed by atoms with Gasteiger partial charge in [0.2, 0.25) is 5.82 Å². The van der Waals surface area contributed by atoms with Gasteiger partial charge >= 0.3 is 0 Å². The summed E-state index contributed by atoms with van der Waals surface area (Å²) in [5, 5.41) is 10.3. The lowest BCUT2D eigenvalue weighted by molar-refractivity contribution is 0.411. The molecule has 3 heterocycles. The smallest absolute Gasteiger partial charge is 0.250 e. The van der Waals surface area contributed by atoms with Gasteiger partial charge in [-0.15, -0.1) is 11.3 Å². The van der Waals surface area contributed by atoms with E-state index < -0.39 is 0 Å². The Balaban J connectivity index is 1.62. The molecule has 0 saturated heterocycles. The van der Waals surface area contributed by atoms with E-state index >= 15 is 0 Å². The van der Waals surface area contributed by atoms with Crippen molar-refractivity contribution >= 4 is 23.5 Å². The van der Waals surface area contributed by atoms with Crippen LogP contribution in [0.15, 0.2) is 58.6 Å². The fourth-order valence-corrected chi connectivity index (χ4v) is 3.05. The first kappa shape index (κ1) is 14.6. The van der Waals surface area contributed by atoms with Crippen LogP contribution in [0.5, 0.6) is 0 Å². The molecular weight excluding hydrogens is 320 g/mol. The van der Waals surface area contributed by atoms with Gasteiger partial charge in [0.15, 0.2) is 0 Å². The monoisotopic (exact) mass is 334 g/mol. The van der Waals surface area contributed by atoms with Crippen molar-refractivity contribution in [1.82, 2.24) is 19.9 Å². The fraction of sp³-hybridized carbons (Fsp3) is 0.0556. The Morgan fingerprint density at radius 2 is 2.00 bits per heavy atom. The minimum absolute atomic E-state index is 0.490. The number of aryl methyl sites for hydroxylation is 1. The molecule has 24 heavy (non-hydrogen) atoms. The highest BCUT2D eigenvalue weighted by Gasteiger charge is 2.09. The van der Waals surface area contributed by atoms with Crippen LogP contribution in [-0.4, -0.2) is 19.9 Å². The number of rotatable bonds is 4. The molecule has 0 aliphatic heterocycles. The molecule has 0 unspecified atom stereocenters. The summed E-state index contributed by atoms with van der Waals surface area (Å²) < 4.78 is 7.15. The third-order valence-corrected chi connectivity index (χ3v) is 4.45. The average Bonchev–Trinajstić information content (AvgIpc) is 3.35. The molecule has 0 fully saturated rings. The Morgan fingerprint density at radius 1 is 1.08 bits per heavy atom. The van der Waals surface area contributed by atoms with Crippen LogP contribution in [0.25, 0.3) is 34.8 Å². The summed E-state index contributed by atoms with van der Waals surface area (Å²) in [6.45, 7) is 0. The maximum Gasteiger partial charge on any atom is 0.250 e. The number of nitrogens with zero attached hydrogens (tertiary/aromatic N) is 4. The maximum atomic E-state index is 5.31. The summed E-state index contributed by atoms with van der Waals surface area (Å²) in [6.07, 6.45) is 5.57. The number of benzene rings is 1. The zero-order valence-electron chi connectivity index (χ0n) is 13.0. The van der Waals surface area contributed by atoms with E-state index in [0.717, 1.165) is 21.7 Å². The second-order valence-corrected chi connectivity index (χ2v) is 6.21. The van der Waals surface area contributed by atoms with Crippen LogP contribution in [-0.2, 0) is 7.05 Å². The normalized spacial score (nSPS) is 11.4. The highest BCUT2D eigenvalue weighted by Crippen LogP contribution is 2.24. The van der Waals surface area contributed by atoms with E-state index in [1.54, 1.807) is 17.5 Å². The highest BCUT2D eigenvalue weighted by molar-refractivity contribution is 7.10. The standard InChI is InChI=1S/C18H14N4OS/c1-22-16(9-10-19-22)13-4-2-5-14(12-13)18-20-17(23-21-18)8-7-15-6-3-11-24-15/h2-12H,1H3. The van der Waals surface area contributed by atoms with Gasteiger partial charge in [0, 0.05) is 35.3 Å². The van der Waals surface area contributed by atoms with Gasteiger partial charge < -0.3 is 4.52 Å². The highest BCUT2D eigenvalue weighted by atomic mass is 32.1. The third kappa shape index (κ3) is 2.91. The van der Waals surface area contributed by atoms with Gasteiger partial charge in [-0.05, 0) is 29.7 Å². The van der Waals surface area contributed by atoms with Crippen LogP contribution in [0.3, 0.4) is 0 Å². The quantitative estimate of drug-likeness (QED) is 0.556. The van der Waals surface area contributed by atoms with Crippen molar-refractivity contribution in [2.24, 2.45) is 7.05 Å². The molecule has 4 rings (SSSR count). The van der Waals surface area contributed by atoms with Crippen molar-refractivity contribution in [1.29, 1.82) is 0 Å². The summed E-state index contributed by atoms with van der Waals surface area (Å²) in [5.41, 5.74) is 3.01. The van der Waals surface area contributed by atoms with Crippen molar-refractivity contribution in [3.63, 3.8) is 0 Å². The molecule has 0 amide bonds. The molecule has 118 valence electrons. The van der Waals surface area contributed by atoms with Gasteiger partial charge in [0.25, 0.3) is 5.89 Å². The van der Waals surface area contributed by atoms with Gasteiger partial charge in [-0.3, -0.25) is 4.68 Å². The molecule has 3 aromatic heterocycles. The van der Waals surface area contributed by atoms with Crippen LogP contribution in [0.1, 0.15) is 10.8 Å². The largest absolute Gasteiger partial charge is 0.334 e. The molecule has 0 aliphatic rings. The average molecular weight is 334 g/mol. The Bertz CT molecular complexity index is 982. The SMILES string of the molecule is Cn1nccc1-c1cccc(-c2noc(C=Cc3cccs3)n2)c1. The van der Waals surface area contributed by atoms with Crippen molar-refractivity contribution in [2.75, 3.05) is 0 Å². The third-order valence-electron chi connectivity index (χ3n) is 3.61. The fourth-order valence-electron chi connectivity index (χ4n) is 2.43. The van der Waals surface area contributed by atoms with Crippen LogP contribution in [0.2, 0.25) is 0 Å². The molecule has 0 spiro atoms. The number of thiophene rings is 1. The van der Waals surface area contributed by atoms with E-state index in [1.165, 1.54) is 0 Å². The molecule has 0 aliphatic carbocycles. The predicted molar refractivity (Wildman–Crippen MR) is 95.2 cm³/mol. The van der Waals surface area contributed by atoms with Crippen molar-refractivity contribution in [3.8, 4) is 22.6 Å². The van der Waals surface area contributed by atoms with Gasteiger partial charge in [-0.2, -0.15) is 10.1 Å². The number of aromatic nitrogens is 4. The summed E-state index contributed by atoms with van der Waals surface area (Å²) in [7, 11) is 1.92. The Kier molecular flexibility index (Phi) is 3.80. The molecule has 5 nitrogen and oxygen atoms in total. The first-order valence-corrected chi connectivity index (χ1v) is 8.32. The first-order chi connectivity index (χ1) is 11.8. The van der Waals surface area contributed by atoms with Gasteiger partial charge in [0.05, 0.1) is 5.69 Å². The maximum absolute atomic E-state index is 5.31. The summed E-state index contributed by atoms with van der Waals surface area (Å²) in [5.74, 6) is 1.06.